The number of halogens is 3. The van der Waals surface area contributed by atoms with Crippen LogP contribution in [0.3, 0.4) is 0 Å². The lowest BCUT2D eigenvalue weighted by atomic mass is 9.88. The quantitative estimate of drug-likeness (QED) is 0.651. The van der Waals surface area contributed by atoms with E-state index in [1.54, 1.807) is 12.1 Å². The van der Waals surface area contributed by atoms with E-state index < -0.39 is 18.1 Å². The number of rotatable bonds is 0. The molecule has 0 aromatic heterocycles. The highest BCUT2D eigenvalue weighted by molar-refractivity contribution is 6.31. The molecule has 0 aliphatic heterocycles. The second-order valence-electron chi connectivity index (χ2n) is 3.34. The maximum atomic E-state index is 13.0. The molecule has 1 aromatic rings. The summed E-state index contributed by atoms with van der Waals surface area (Å²) in [5, 5.41) is 0.315. The van der Waals surface area contributed by atoms with Gasteiger partial charge in [0.1, 0.15) is 0 Å². The molecule has 1 aliphatic carbocycles. The Morgan fingerprint density at radius 3 is 2.79 bits per heavy atom. The number of benzene rings is 1. The summed E-state index contributed by atoms with van der Waals surface area (Å²) in [6, 6.07) is 4.55. The van der Waals surface area contributed by atoms with Crippen LogP contribution in [-0.2, 0) is 6.42 Å². The van der Waals surface area contributed by atoms with Gasteiger partial charge in [-0.25, -0.2) is 0 Å². The topological polar surface area (TPSA) is 17.1 Å². The van der Waals surface area contributed by atoms with Crippen molar-refractivity contribution >= 4 is 17.4 Å². The van der Waals surface area contributed by atoms with E-state index in [0.29, 0.717) is 10.6 Å². The maximum absolute atomic E-state index is 13.0. The summed E-state index contributed by atoms with van der Waals surface area (Å²) in [7, 11) is 0. The Morgan fingerprint density at radius 2 is 2.07 bits per heavy atom. The molecular formula is C10H7ClF2O. The number of hydrogen-bond donors (Lipinski definition) is 0. The molecule has 0 bridgehead atoms. The fraction of sp³-hybridized carbons (Fsp3) is 0.300. The van der Waals surface area contributed by atoms with E-state index in [2.05, 4.69) is 0 Å². The van der Waals surface area contributed by atoms with Crippen molar-refractivity contribution in [1.82, 2.24) is 0 Å². The van der Waals surface area contributed by atoms with E-state index in [9.17, 15) is 13.6 Å². The first-order valence-electron chi connectivity index (χ1n) is 4.22. The zero-order valence-electron chi connectivity index (χ0n) is 7.19. The lowest BCUT2D eigenvalue weighted by Gasteiger charge is -2.22. The Hall–Kier alpha value is -0.960. The third kappa shape index (κ3) is 1.42. The summed E-state index contributed by atoms with van der Waals surface area (Å²) in [5.74, 6) is -4.33. The molecule has 74 valence electrons. The molecule has 0 amide bonds. The molecule has 1 aromatic carbocycles. The summed E-state index contributed by atoms with van der Waals surface area (Å²) in [6.07, 6.45) is -0.175. The van der Waals surface area contributed by atoms with Crippen molar-refractivity contribution < 1.29 is 13.6 Å². The molecule has 0 saturated carbocycles. The van der Waals surface area contributed by atoms with Crippen molar-refractivity contribution in [1.29, 1.82) is 0 Å². The first-order chi connectivity index (χ1) is 6.50. The fourth-order valence-electron chi connectivity index (χ4n) is 1.58. The largest absolute Gasteiger partial charge is 0.310 e. The zero-order chi connectivity index (χ0) is 10.3. The van der Waals surface area contributed by atoms with Crippen molar-refractivity contribution in [2.45, 2.75) is 18.8 Å². The molecule has 2 rings (SSSR count). The van der Waals surface area contributed by atoms with E-state index in [1.807, 2.05) is 0 Å². The van der Waals surface area contributed by atoms with Crippen LogP contribution in [0.4, 0.5) is 8.78 Å². The van der Waals surface area contributed by atoms with Crippen LogP contribution in [0, 0.1) is 0 Å². The summed E-state index contributed by atoms with van der Waals surface area (Å²) in [4.78, 5) is 11.3. The smallest absolute Gasteiger partial charge is 0.287 e. The predicted molar refractivity (Wildman–Crippen MR) is 49.1 cm³/mol. The first-order valence-corrected chi connectivity index (χ1v) is 4.59. The van der Waals surface area contributed by atoms with Crippen molar-refractivity contribution in [2.24, 2.45) is 0 Å². The van der Waals surface area contributed by atoms with E-state index in [4.69, 9.17) is 11.6 Å². The van der Waals surface area contributed by atoms with Gasteiger partial charge in [-0.05, 0) is 24.1 Å². The number of alkyl halides is 2. The zero-order valence-corrected chi connectivity index (χ0v) is 7.94. The van der Waals surface area contributed by atoms with Crippen LogP contribution in [0.5, 0.6) is 0 Å². The van der Waals surface area contributed by atoms with Crippen LogP contribution in [0.1, 0.15) is 22.3 Å². The highest BCUT2D eigenvalue weighted by Gasteiger charge is 2.43. The van der Waals surface area contributed by atoms with Crippen molar-refractivity contribution in [3.63, 3.8) is 0 Å². The van der Waals surface area contributed by atoms with Gasteiger partial charge in [-0.1, -0.05) is 17.7 Å². The fourth-order valence-corrected chi connectivity index (χ4v) is 1.75. The highest BCUT2D eigenvalue weighted by Crippen LogP contribution is 2.33. The molecule has 0 atom stereocenters. The number of carbonyl (C=O) groups excluding carboxylic acids is 1. The van der Waals surface area contributed by atoms with Crippen LogP contribution in [0.2, 0.25) is 5.02 Å². The minimum atomic E-state index is -3.22. The second-order valence-corrected chi connectivity index (χ2v) is 3.77. The minimum Gasteiger partial charge on any atom is -0.287 e. The average Bonchev–Trinajstić information content (AvgIpc) is 2.13. The average molecular weight is 217 g/mol. The molecule has 0 N–H and O–H groups in total. The van der Waals surface area contributed by atoms with Gasteiger partial charge in [0.2, 0.25) is 5.78 Å². The molecule has 14 heavy (non-hydrogen) atoms. The molecule has 1 aliphatic rings. The van der Waals surface area contributed by atoms with Crippen molar-refractivity contribution in [3.05, 3.63) is 34.3 Å². The van der Waals surface area contributed by atoms with Gasteiger partial charge in [-0.3, -0.25) is 4.79 Å². The van der Waals surface area contributed by atoms with E-state index in [0.717, 1.165) is 0 Å². The van der Waals surface area contributed by atoms with Crippen LogP contribution < -0.4 is 0 Å². The second kappa shape index (κ2) is 3.02. The number of carbonyl (C=O) groups is 1. The third-order valence-corrected chi connectivity index (χ3v) is 2.59. The molecule has 0 saturated heterocycles. The number of aryl methyl sites for hydroxylation is 1. The third-order valence-electron chi connectivity index (χ3n) is 2.36. The lowest BCUT2D eigenvalue weighted by molar-refractivity contribution is 0.00203. The van der Waals surface area contributed by atoms with Crippen molar-refractivity contribution in [3.8, 4) is 0 Å². The molecule has 0 fully saturated rings. The molecular weight excluding hydrogens is 210 g/mol. The Labute approximate surface area is 84.7 Å². The lowest BCUT2D eigenvalue weighted by Crippen LogP contribution is -2.34. The summed E-state index contributed by atoms with van der Waals surface area (Å²) in [5.41, 5.74) is 0.721. The van der Waals surface area contributed by atoms with Crippen LogP contribution in [-0.4, -0.2) is 11.7 Å². The summed E-state index contributed by atoms with van der Waals surface area (Å²) >= 11 is 5.64. The maximum Gasteiger partial charge on any atom is 0.310 e. The monoisotopic (exact) mass is 216 g/mol. The molecule has 4 heteroatoms. The summed E-state index contributed by atoms with van der Waals surface area (Å²) < 4.78 is 26.0. The molecule has 0 unspecified atom stereocenters. The van der Waals surface area contributed by atoms with E-state index in [-0.39, 0.29) is 12.0 Å². The van der Waals surface area contributed by atoms with Crippen LogP contribution in [0.25, 0.3) is 0 Å². The number of fused-ring (bicyclic) bond motifs is 1. The normalized spacial score (nSPS) is 19.2. The van der Waals surface area contributed by atoms with Gasteiger partial charge in [-0.15, -0.1) is 0 Å². The molecule has 0 spiro atoms. The van der Waals surface area contributed by atoms with Gasteiger partial charge in [0, 0.05) is 17.0 Å². The Kier molecular flexibility index (Phi) is 2.07. The predicted octanol–water partition coefficient (Wildman–Crippen LogP) is 3.10. The number of ketones is 1. The van der Waals surface area contributed by atoms with Gasteiger partial charge in [0.25, 0.3) is 0 Å². The Bertz CT molecular complexity index is 401. The summed E-state index contributed by atoms with van der Waals surface area (Å²) in [6.45, 7) is 0. The highest BCUT2D eigenvalue weighted by atomic mass is 35.5. The number of hydrogen-bond acceptors (Lipinski definition) is 1. The van der Waals surface area contributed by atoms with Crippen molar-refractivity contribution in [2.75, 3.05) is 0 Å². The standard InChI is InChI=1S/C10H7ClF2O/c11-7-2-1-6-3-4-10(12,13)9(14)8(6)5-7/h1-2,5H,3-4H2. The van der Waals surface area contributed by atoms with Crippen LogP contribution in [0.15, 0.2) is 18.2 Å². The van der Waals surface area contributed by atoms with E-state index in [1.165, 1.54) is 6.07 Å². The van der Waals surface area contributed by atoms with Gasteiger partial charge in [0.15, 0.2) is 0 Å². The van der Waals surface area contributed by atoms with Crippen LogP contribution >= 0.6 is 11.6 Å². The molecule has 0 radical (unpaired) electrons. The SMILES string of the molecule is O=C1c2cc(Cl)ccc2CCC1(F)F. The molecule has 0 heterocycles. The van der Waals surface area contributed by atoms with Gasteiger partial charge < -0.3 is 0 Å². The molecule has 1 nitrogen and oxygen atoms in total. The van der Waals surface area contributed by atoms with E-state index >= 15 is 0 Å². The Balaban J connectivity index is 2.54. The van der Waals surface area contributed by atoms with Gasteiger partial charge >= 0.3 is 5.92 Å². The number of Topliss-reactive ketones (excluding diaryl/α,β-unsaturated/α-hetero) is 1. The van der Waals surface area contributed by atoms with Gasteiger partial charge in [-0.2, -0.15) is 8.78 Å². The minimum absolute atomic E-state index is 0.0637. The van der Waals surface area contributed by atoms with Gasteiger partial charge in [0.05, 0.1) is 0 Å². The Morgan fingerprint density at radius 1 is 1.36 bits per heavy atom. The first kappa shape index (κ1) is 9.59.